The lowest BCUT2D eigenvalue weighted by Gasteiger charge is -2.04. The van der Waals surface area contributed by atoms with Gasteiger partial charge in [-0.15, -0.1) is 0 Å². The van der Waals surface area contributed by atoms with Crippen LogP contribution in [0.3, 0.4) is 0 Å². The number of hydrogen-bond donors (Lipinski definition) is 1. The monoisotopic (exact) mass is 268 g/mol. The molecule has 0 aliphatic rings. The molecule has 3 aromatic rings. The number of methoxy groups -OCH3 is 1. The van der Waals surface area contributed by atoms with E-state index in [-0.39, 0.29) is 0 Å². The highest BCUT2D eigenvalue weighted by Crippen LogP contribution is 2.20. The Morgan fingerprint density at radius 1 is 1.15 bits per heavy atom. The molecule has 1 N–H and O–H groups in total. The Labute approximate surface area is 117 Å². The first-order chi connectivity index (χ1) is 9.86. The van der Waals surface area contributed by atoms with Crippen LogP contribution in [-0.4, -0.2) is 12.1 Å². The molecule has 0 radical (unpaired) electrons. The van der Waals surface area contributed by atoms with Gasteiger partial charge in [0.25, 0.3) is 0 Å². The molecule has 0 amide bonds. The largest absolute Gasteiger partial charge is 0.481 e. The van der Waals surface area contributed by atoms with E-state index in [9.17, 15) is 0 Å². The maximum absolute atomic E-state index is 5.51. The van der Waals surface area contributed by atoms with Crippen LogP contribution in [0.4, 0.5) is 0 Å². The molecule has 0 atom stereocenters. The molecule has 0 aliphatic heterocycles. The third-order valence-electron chi connectivity index (χ3n) is 3.21. The number of nitrogens with zero attached hydrogens (tertiary/aromatic N) is 1. The van der Waals surface area contributed by atoms with Crippen molar-refractivity contribution in [2.45, 2.75) is 13.1 Å². The number of pyridine rings is 1. The third-order valence-corrected chi connectivity index (χ3v) is 3.21. The van der Waals surface area contributed by atoms with Gasteiger partial charge in [0, 0.05) is 36.3 Å². The Balaban J connectivity index is 1.62. The van der Waals surface area contributed by atoms with Crippen LogP contribution in [-0.2, 0) is 13.1 Å². The lowest BCUT2D eigenvalue weighted by molar-refractivity contribution is 0.397. The zero-order valence-corrected chi connectivity index (χ0v) is 11.3. The van der Waals surface area contributed by atoms with Gasteiger partial charge >= 0.3 is 0 Å². The summed E-state index contributed by atoms with van der Waals surface area (Å²) in [5.41, 5.74) is 3.22. The van der Waals surface area contributed by atoms with Crippen molar-refractivity contribution in [3.05, 3.63) is 60.0 Å². The summed E-state index contributed by atoms with van der Waals surface area (Å²) in [6.07, 6.45) is 3.63. The van der Waals surface area contributed by atoms with Crippen LogP contribution in [0.1, 0.15) is 11.1 Å². The molecule has 4 nitrogen and oxygen atoms in total. The molecule has 1 aromatic carbocycles. The van der Waals surface area contributed by atoms with Crippen molar-refractivity contribution in [2.24, 2.45) is 0 Å². The molecule has 2 aromatic heterocycles. The van der Waals surface area contributed by atoms with Crippen LogP contribution >= 0.6 is 0 Å². The molecule has 0 aliphatic carbocycles. The number of fused-ring (bicyclic) bond motifs is 1. The second-order valence-corrected chi connectivity index (χ2v) is 4.57. The van der Waals surface area contributed by atoms with Gasteiger partial charge in [-0.05, 0) is 11.6 Å². The predicted molar refractivity (Wildman–Crippen MR) is 77.5 cm³/mol. The molecule has 2 heterocycles. The van der Waals surface area contributed by atoms with Crippen molar-refractivity contribution in [3.8, 4) is 5.88 Å². The van der Waals surface area contributed by atoms with E-state index in [2.05, 4.69) is 16.4 Å². The van der Waals surface area contributed by atoms with Gasteiger partial charge in [0.2, 0.25) is 5.88 Å². The second-order valence-electron chi connectivity index (χ2n) is 4.57. The molecule has 0 fully saturated rings. The molecule has 0 saturated carbocycles. The summed E-state index contributed by atoms with van der Waals surface area (Å²) in [6.45, 7) is 1.53. The Morgan fingerprint density at radius 3 is 2.85 bits per heavy atom. The van der Waals surface area contributed by atoms with Crippen molar-refractivity contribution in [2.75, 3.05) is 7.11 Å². The first-order valence-electron chi connectivity index (χ1n) is 6.51. The summed E-state index contributed by atoms with van der Waals surface area (Å²) in [5, 5.41) is 4.55. The summed E-state index contributed by atoms with van der Waals surface area (Å²) in [5.74, 6) is 0.634. The van der Waals surface area contributed by atoms with Crippen molar-refractivity contribution >= 4 is 11.0 Å². The fraction of sp³-hybridized carbons (Fsp3) is 0.188. The Hall–Kier alpha value is -2.33. The van der Waals surface area contributed by atoms with Gasteiger partial charge in [0.15, 0.2) is 0 Å². The Kier molecular flexibility index (Phi) is 3.65. The van der Waals surface area contributed by atoms with Gasteiger partial charge in [-0.3, -0.25) is 0 Å². The maximum atomic E-state index is 5.51. The number of hydrogen-bond acceptors (Lipinski definition) is 4. The first-order valence-corrected chi connectivity index (χ1v) is 6.51. The van der Waals surface area contributed by atoms with Crippen LogP contribution in [0.2, 0.25) is 0 Å². The second kappa shape index (κ2) is 5.75. The van der Waals surface area contributed by atoms with Gasteiger partial charge in [0.1, 0.15) is 5.58 Å². The van der Waals surface area contributed by atoms with E-state index in [0.717, 1.165) is 29.6 Å². The summed E-state index contributed by atoms with van der Waals surface area (Å²) in [6, 6.07) is 11.9. The highest BCUT2D eigenvalue weighted by atomic mass is 16.5. The number of ether oxygens (including phenoxy) is 1. The van der Waals surface area contributed by atoms with Crippen LogP contribution in [0, 0.1) is 0 Å². The van der Waals surface area contributed by atoms with E-state index in [1.54, 1.807) is 7.11 Å². The minimum Gasteiger partial charge on any atom is -0.481 e. The average molecular weight is 268 g/mol. The number of nitrogens with one attached hydrogen (secondary N) is 1. The van der Waals surface area contributed by atoms with E-state index in [0.29, 0.717) is 5.88 Å². The summed E-state index contributed by atoms with van der Waals surface area (Å²) < 4.78 is 10.6. The SMILES string of the molecule is COc1ccc(CNCc2coc3ccccc23)cn1. The molecular formula is C16H16N2O2. The van der Waals surface area contributed by atoms with E-state index >= 15 is 0 Å². The number of benzene rings is 1. The Morgan fingerprint density at radius 2 is 2.05 bits per heavy atom. The molecule has 0 spiro atoms. The number of rotatable bonds is 5. The summed E-state index contributed by atoms with van der Waals surface area (Å²) >= 11 is 0. The summed E-state index contributed by atoms with van der Waals surface area (Å²) in [4.78, 5) is 4.18. The standard InChI is InChI=1S/C16H16N2O2/c1-19-16-7-6-12(9-18-16)8-17-10-13-11-20-15-5-3-2-4-14(13)15/h2-7,9,11,17H,8,10H2,1H3. The van der Waals surface area contributed by atoms with Crippen molar-refractivity contribution in [1.29, 1.82) is 0 Å². The van der Waals surface area contributed by atoms with Crippen molar-refractivity contribution in [1.82, 2.24) is 10.3 Å². The molecule has 0 saturated heterocycles. The summed E-state index contributed by atoms with van der Waals surface area (Å²) in [7, 11) is 1.62. The van der Waals surface area contributed by atoms with Crippen LogP contribution < -0.4 is 10.1 Å². The van der Waals surface area contributed by atoms with E-state index < -0.39 is 0 Å². The van der Waals surface area contributed by atoms with Crippen molar-refractivity contribution in [3.63, 3.8) is 0 Å². The van der Waals surface area contributed by atoms with Gasteiger partial charge in [0.05, 0.1) is 13.4 Å². The lowest BCUT2D eigenvalue weighted by Crippen LogP contribution is -2.12. The van der Waals surface area contributed by atoms with Crippen LogP contribution in [0.25, 0.3) is 11.0 Å². The quantitative estimate of drug-likeness (QED) is 0.772. The number of para-hydroxylation sites is 1. The first kappa shape index (κ1) is 12.7. The molecular weight excluding hydrogens is 252 g/mol. The highest BCUT2D eigenvalue weighted by Gasteiger charge is 2.04. The van der Waals surface area contributed by atoms with Gasteiger partial charge in [-0.1, -0.05) is 24.3 Å². The topological polar surface area (TPSA) is 47.3 Å². The fourth-order valence-electron chi connectivity index (χ4n) is 2.15. The van der Waals surface area contributed by atoms with E-state index in [4.69, 9.17) is 9.15 Å². The molecule has 3 rings (SSSR count). The highest BCUT2D eigenvalue weighted by molar-refractivity contribution is 5.80. The zero-order chi connectivity index (χ0) is 13.8. The molecule has 20 heavy (non-hydrogen) atoms. The zero-order valence-electron chi connectivity index (χ0n) is 11.3. The van der Waals surface area contributed by atoms with Gasteiger partial charge in [-0.25, -0.2) is 4.98 Å². The van der Waals surface area contributed by atoms with Crippen molar-refractivity contribution < 1.29 is 9.15 Å². The molecule has 0 bridgehead atoms. The third kappa shape index (κ3) is 2.65. The maximum Gasteiger partial charge on any atom is 0.212 e. The van der Waals surface area contributed by atoms with Crippen LogP contribution in [0.5, 0.6) is 5.88 Å². The number of furan rings is 1. The minimum absolute atomic E-state index is 0.634. The normalized spacial score (nSPS) is 10.8. The smallest absolute Gasteiger partial charge is 0.212 e. The molecule has 102 valence electrons. The lowest BCUT2D eigenvalue weighted by atomic mass is 10.2. The minimum atomic E-state index is 0.634. The van der Waals surface area contributed by atoms with E-state index in [1.807, 2.05) is 42.8 Å². The predicted octanol–water partition coefficient (Wildman–Crippen LogP) is 3.13. The molecule has 4 heteroatoms. The Bertz CT molecular complexity index is 689. The fourth-order valence-corrected chi connectivity index (χ4v) is 2.15. The van der Waals surface area contributed by atoms with Gasteiger partial charge < -0.3 is 14.5 Å². The van der Waals surface area contributed by atoms with Crippen LogP contribution in [0.15, 0.2) is 53.3 Å². The van der Waals surface area contributed by atoms with Gasteiger partial charge in [-0.2, -0.15) is 0 Å². The number of aromatic nitrogens is 1. The molecule has 0 unspecified atom stereocenters. The van der Waals surface area contributed by atoms with E-state index in [1.165, 1.54) is 5.56 Å². The average Bonchev–Trinajstić information content (AvgIpc) is 2.92.